The van der Waals surface area contributed by atoms with Crippen molar-refractivity contribution in [3.63, 3.8) is 0 Å². The topological polar surface area (TPSA) is 84.2 Å². The third-order valence-electron chi connectivity index (χ3n) is 2.74. The summed E-state index contributed by atoms with van der Waals surface area (Å²) in [6.07, 6.45) is 0. The number of nitrogens with two attached hydrogens (primary N) is 1. The fourth-order valence-electron chi connectivity index (χ4n) is 1.74. The van der Waals surface area contributed by atoms with Crippen molar-refractivity contribution in [2.45, 2.75) is 0 Å². The average Bonchev–Trinajstić information content (AvgIpc) is 2.46. The lowest BCUT2D eigenvalue weighted by Crippen LogP contribution is -2.22. The molecule has 0 unspecified atom stereocenters. The minimum Gasteiger partial charge on any atom is -0.375 e. The lowest BCUT2D eigenvalue weighted by molar-refractivity contribution is -0.114. The molecule has 0 aliphatic rings. The van der Waals surface area contributed by atoms with Crippen molar-refractivity contribution in [2.75, 3.05) is 17.2 Å². The molecule has 2 amide bonds. The first-order valence-corrected chi connectivity index (χ1v) is 6.62. The molecule has 2 aromatic rings. The van der Waals surface area contributed by atoms with Crippen LogP contribution in [0.1, 0.15) is 10.4 Å². The fraction of sp³-hybridized carbons (Fsp3) is 0.0667. The molecule has 0 saturated heterocycles. The summed E-state index contributed by atoms with van der Waals surface area (Å²) >= 11 is 5.98. The molecular formula is C15H14ClN3O2. The van der Waals surface area contributed by atoms with Crippen molar-refractivity contribution in [2.24, 2.45) is 5.73 Å². The summed E-state index contributed by atoms with van der Waals surface area (Å²) in [6.45, 7) is 0.0601. The van der Waals surface area contributed by atoms with Crippen LogP contribution in [0, 0.1) is 0 Å². The Kier molecular flexibility index (Phi) is 4.79. The Hall–Kier alpha value is -2.53. The summed E-state index contributed by atoms with van der Waals surface area (Å²) in [6, 6.07) is 13.6. The lowest BCUT2D eigenvalue weighted by Gasteiger charge is -2.09. The Labute approximate surface area is 127 Å². The van der Waals surface area contributed by atoms with Crippen LogP contribution in [-0.2, 0) is 4.79 Å². The maximum Gasteiger partial charge on any atom is 0.248 e. The number of rotatable bonds is 5. The highest BCUT2D eigenvalue weighted by molar-refractivity contribution is 6.33. The zero-order valence-corrected chi connectivity index (χ0v) is 11.9. The van der Waals surface area contributed by atoms with Crippen molar-refractivity contribution in [3.8, 4) is 0 Å². The van der Waals surface area contributed by atoms with Crippen molar-refractivity contribution >= 4 is 34.8 Å². The molecule has 2 aromatic carbocycles. The van der Waals surface area contributed by atoms with Gasteiger partial charge in [0.1, 0.15) is 0 Å². The van der Waals surface area contributed by atoms with Gasteiger partial charge in [0.15, 0.2) is 0 Å². The van der Waals surface area contributed by atoms with Gasteiger partial charge in [0, 0.05) is 11.3 Å². The van der Waals surface area contributed by atoms with E-state index in [-0.39, 0.29) is 12.5 Å². The molecule has 6 heteroatoms. The van der Waals surface area contributed by atoms with Gasteiger partial charge in [-0.3, -0.25) is 9.59 Å². The molecule has 0 saturated carbocycles. The highest BCUT2D eigenvalue weighted by atomic mass is 35.5. The molecule has 108 valence electrons. The van der Waals surface area contributed by atoms with E-state index < -0.39 is 5.91 Å². The van der Waals surface area contributed by atoms with Crippen LogP contribution in [0.15, 0.2) is 48.5 Å². The van der Waals surface area contributed by atoms with Gasteiger partial charge in [0.25, 0.3) is 0 Å². The van der Waals surface area contributed by atoms with Gasteiger partial charge in [0.05, 0.1) is 17.3 Å². The van der Waals surface area contributed by atoms with Gasteiger partial charge in [-0.25, -0.2) is 0 Å². The average molecular weight is 304 g/mol. The van der Waals surface area contributed by atoms with E-state index in [2.05, 4.69) is 10.6 Å². The SMILES string of the molecule is NC(=O)c1cccc(NC(=O)CNc2ccccc2Cl)c1. The van der Waals surface area contributed by atoms with E-state index in [0.717, 1.165) is 0 Å². The van der Waals surface area contributed by atoms with Gasteiger partial charge in [-0.15, -0.1) is 0 Å². The minimum absolute atomic E-state index is 0.0601. The quantitative estimate of drug-likeness (QED) is 0.793. The predicted octanol–water partition coefficient (Wildman–Crippen LogP) is 2.49. The summed E-state index contributed by atoms with van der Waals surface area (Å²) in [7, 11) is 0. The zero-order chi connectivity index (χ0) is 15.2. The summed E-state index contributed by atoms with van der Waals surface area (Å²) in [4.78, 5) is 22.9. The molecule has 21 heavy (non-hydrogen) atoms. The third-order valence-corrected chi connectivity index (χ3v) is 3.07. The van der Waals surface area contributed by atoms with E-state index in [1.807, 2.05) is 12.1 Å². The smallest absolute Gasteiger partial charge is 0.248 e. The van der Waals surface area contributed by atoms with E-state index in [0.29, 0.717) is 22.0 Å². The van der Waals surface area contributed by atoms with Crippen LogP contribution >= 0.6 is 11.6 Å². The van der Waals surface area contributed by atoms with Crippen LogP contribution in [0.2, 0.25) is 5.02 Å². The van der Waals surface area contributed by atoms with Crippen LogP contribution < -0.4 is 16.4 Å². The zero-order valence-electron chi connectivity index (χ0n) is 11.1. The van der Waals surface area contributed by atoms with Gasteiger partial charge in [0.2, 0.25) is 11.8 Å². The molecule has 0 bridgehead atoms. The fourth-order valence-corrected chi connectivity index (χ4v) is 1.94. The first kappa shape index (κ1) is 14.9. The van der Waals surface area contributed by atoms with E-state index in [1.165, 1.54) is 6.07 Å². The third kappa shape index (κ3) is 4.22. The van der Waals surface area contributed by atoms with Crippen LogP contribution in [0.3, 0.4) is 0 Å². The van der Waals surface area contributed by atoms with E-state index >= 15 is 0 Å². The van der Waals surface area contributed by atoms with E-state index in [1.54, 1.807) is 30.3 Å². The van der Waals surface area contributed by atoms with Gasteiger partial charge >= 0.3 is 0 Å². The number of amides is 2. The van der Waals surface area contributed by atoms with Crippen molar-refractivity contribution in [1.29, 1.82) is 0 Å². The number of carbonyl (C=O) groups is 2. The maximum absolute atomic E-state index is 11.8. The summed E-state index contributed by atoms with van der Waals surface area (Å²) in [5.41, 5.74) is 6.72. The lowest BCUT2D eigenvalue weighted by atomic mass is 10.2. The molecule has 0 radical (unpaired) electrons. The molecule has 5 nitrogen and oxygen atoms in total. The molecule has 0 atom stereocenters. The van der Waals surface area contributed by atoms with Gasteiger partial charge in [-0.1, -0.05) is 29.8 Å². The Morgan fingerprint density at radius 1 is 1.10 bits per heavy atom. The second kappa shape index (κ2) is 6.76. The molecule has 0 aromatic heterocycles. The monoisotopic (exact) mass is 303 g/mol. The molecule has 0 heterocycles. The number of nitrogens with one attached hydrogen (secondary N) is 2. The van der Waals surface area contributed by atoms with Crippen molar-refractivity contribution < 1.29 is 9.59 Å². The number of carbonyl (C=O) groups excluding carboxylic acids is 2. The van der Waals surface area contributed by atoms with E-state index in [9.17, 15) is 9.59 Å². The van der Waals surface area contributed by atoms with E-state index in [4.69, 9.17) is 17.3 Å². The summed E-state index contributed by atoms with van der Waals surface area (Å²) in [5, 5.41) is 6.15. The molecular weight excluding hydrogens is 290 g/mol. The largest absolute Gasteiger partial charge is 0.375 e. The molecule has 0 aliphatic carbocycles. The van der Waals surface area contributed by atoms with Crippen molar-refractivity contribution in [1.82, 2.24) is 0 Å². The van der Waals surface area contributed by atoms with Gasteiger partial charge in [-0.05, 0) is 30.3 Å². The molecule has 4 N–H and O–H groups in total. The van der Waals surface area contributed by atoms with Crippen LogP contribution in [0.25, 0.3) is 0 Å². The standard InChI is InChI=1S/C15H14ClN3O2/c16-12-6-1-2-7-13(12)18-9-14(20)19-11-5-3-4-10(8-11)15(17)21/h1-8,18H,9H2,(H2,17,21)(H,19,20). The number of halogens is 1. The Morgan fingerprint density at radius 2 is 1.86 bits per heavy atom. The van der Waals surface area contributed by atoms with Crippen LogP contribution in [0.4, 0.5) is 11.4 Å². The van der Waals surface area contributed by atoms with Gasteiger partial charge in [-0.2, -0.15) is 0 Å². The minimum atomic E-state index is -0.541. The maximum atomic E-state index is 11.8. The predicted molar refractivity (Wildman–Crippen MR) is 83.5 cm³/mol. The molecule has 0 spiro atoms. The number of benzene rings is 2. The van der Waals surface area contributed by atoms with Crippen LogP contribution in [-0.4, -0.2) is 18.4 Å². The van der Waals surface area contributed by atoms with Gasteiger partial charge < -0.3 is 16.4 Å². The first-order valence-electron chi connectivity index (χ1n) is 6.24. The Bertz CT molecular complexity index is 673. The molecule has 0 aliphatic heterocycles. The number of primary amides is 1. The summed E-state index contributed by atoms with van der Waals surface area (Å²) in [5.74, 6) is -0.795. The van der Waals surface area contributed by atoms with Crippen molar-refractivity contribution in [3.05, 3.63) is 59.1 Å². The number of para-hydroxylation sites is 1. The Morgan fingerprint density at radius 3 is 2.57 bits per heavy atom. The first-order chi connectivity index (χ1) is 10.1. The highest BCUT2D eigenvalue weighted by Gasteiger charge is 2.06. The highest BCUT2D eigenvalue weighted by Crippen LogP contribution is 2.20. The molecule has 2 rings (SSSR count). The van der Waals surface area contributed by atoms with Crippen LogP contribution in [0.5, 0.6) is 0 Å². The number of hydrogen-bond donors (Lipinski definition) is 3. The second-order valence-corrected chi connectivity index (χ2v) is 4.73. The number of hydrogen-bond acceptors (Lipinski definition) is 3. The normalized spacial score (nSPS) is 9.95. The summed E-state index contributed by atoms with van der Waals surface area (Å²) < 4.78 is 0. The number of anilines is 2. The second-order valence-electron chi connectivity index (χ2n) is 4.33. The Balaban J connectivity index is 1.95. The molecule has 0 fully saturated rings.